The van der Waals surface area contributed by atoms with Crippen LogP contribution in [0.15, 0.2) is 18.5 Å². The van der Waals surface area contributed by atoms with Crippen LogP contribution >= 0.6 is 0 Å². The fraction of sp³-hybridized carbons (Fsp3) is 0.625. The molecule has 1 unspecified atom stereocenters. The fourth-order valence-electron chi connectivity index (χ4n) is 3.10. The zero-order chi connectivity index (χ0) is 15.1. The van der Waals surface area contributed by atoms with Gasteiger partial charge in [-0.1, -0.05) is 32.1 Å². The van der Waals surface area contributed by atoms with Crippen molar-refractivity contribution in [1.29, 1.82) is 0 Å². The van der Waals surface area contributed by atoms with E-state index in [1.54, 1.807) is 18.5 Å². The largest absolute Gasteiger partial charge is 0.465 e. The molecular weight excluding hydrogens is 266 g/mol. The molecule has 116 valence electrons. The third-order valence-electron chi connectivity index (χ3n) is 4.20. The quantitative estimate of drug-likeness (QED) is 0.748. The van der Waals surface area contributed by atoms with Crippen LogP contribution in [-0.2, 0) is 6.54 Å². The predicted octanol–water partition coefficient (Wildman–Crippen LogP) is 3.62. The summed E-state index contributed by atoms with van der Waals surface area (Å²) < 4.78 is 0. The second-order valence-corrected chi connectivity index (χ2v) is 5.98. The molecule has 1 atom stereocenters. The van der Waals surface area contributed by atoms with Gasteiger partial charge in [0, 0.05) is 30.5 Å². The summed E-state index contributed by atoms with van der Waals surface area (Å²) in [6, 6.07) is 2.13. The summed E-state index contributed by atoms with van der Waals surface area (Å²) in [7, 11) is 0. The van der Waals surface area contributed by atoms with E-state index in [-0.39, 0.29) is 0 Å². The minimum Gasteiger partial charge on any atom is -0.465 e. The number of anilines is 1. The van der Waals surface area contributed by atoms with Crippen molar-refractivity contribution in [2.75, 3.05) is 5.32 Å². The highest BCUT2D eigenvalue weighted by molar-refractivity contribution is 5.83. The number of hydrogen-bond acceptors (Lipinski definition) is 3. The monoisotopic (exact) mass is 291 g/mol. The first-order valence-electron chi connectivity index (χ1n) is 7.81. The van der Waals surface area contributed by atoms with Crippen LogP contribution in [0.3, 0.4) is 0 Å². The summed E-state index contributed by atoms with van der Waals surface area (Å²) in [4.78, 5) is 14.8. The highest BCUT2D eigenvalue weighted by Crippen LogP contribution is 2.27. The molecule has 1 saturated carbocycles. The smallest absolute Gasteiger partial charge is 0.409 e. The number of hydrogen-bond donors (Lipinski definition) is 3. The molecule has 5 heteroatoms. The van der Waals surface area contributed by atoms with E-state index in [1.807, 2.05) is 0 Å². The molecular formula is C16H25N3O2. The van der Waals surface area contributed by atoms with Crippen LogP contribution in [0.2, 0.25) is 0 Å². The first-order valence-corrected chi connectivity index (χ1v) is 7.81. The SMILES string of the molecule is CC(CC1CCCCC1)NCc1cnccc1NC(=O)O. The molecule has 0 aromatic carbocycles. The Bertz CT molecular complexity index is 459. The van der Waals surface area contributed by atoms with Gasteiger partial charge in [0.05, 0.1) is 5.69 Å². The number of aromatic nitrogens is 1. The van der Waals surface area contributed by atoms with Crippen molar-refractivity contribution in [2.24, 2.45) is 5.92 Å². The Labute approximate surface area is 126 Å². The van der Waals surface area contributed by atoms with Gasteiger partial charge in [0.15, 0.2) is 0 Å². The minimum absolute atomic E-state index is 0.436. The van der Waals surface area contributed by atoms with Crippen LogP contribution < -0.4 is 10.6 Å². The van der Waals surface area contributed by atoms with Gasteiger partial charge in [-0.05, 0) is 25.3 Å². The average Bonchev–Trinajstić information content (AvgIpc) is 2.47. The van der Waals surface area contributed by atoms with Crippen LogP contribution in [0, 0.1) is 5.92 Å². The van der Waals surface area contributed by atoms with Crippen LogP contribution in [0.1, 0.15) is 51.0 Å². The zero-order valence-corrected chi connectivity index (χ0v) is 12.6. The van der Waals surface area contributed by atoms with Gasteiger partial charge in [-0.15, -0.1) is 0 Å². The van der Waals surface area contributed by atoms with Gasteiger partial charge in [-0.3, -0.25) is 10.3 Å². The van der Waals surface area contributed by atoms with Crippen molar-refractivity contribution in [3.8, 4) is 0 Å². The van der Waals surface area contributed by atoms with Crippen molar-refractivity contribution in [2.45, 2.75) is 58.0 Å². The molecule has 1 aliphatic rings. The Morgan fingerprint density at radius 1 is 1.43 bits per heavy atom. The van der Waals surface area contributed by atoms with Crippen LogP contribution in [0.4, 0.5) is 10.5 Å². The van der Waals surface area contributed by atoms with E-state index < -0.39 is 6.09 Å². The lowest BCUT2D eigenvalue weighted by molar-refractivity contribution is 0.209. The summed E-state index contributed by atoms with van der Waals surface area (Å²) in [5.74, 6) is 0.840. The first kappa shape index (κ1) is 15.8. The van der Waals surface area contributed by atoms with E-state index in [2.05, 4.69) is 22.5 Å². The second kappa shape index (κ2) is 7.98. The molecule has 1 amide bonds. The van der Waals surface area contributed by atoms with E-state index in [0.29, 0.717) is 18.3 Å². The Morgan fingerprint density at radius 3 is 2.90 bits per heavy atom. The second-order valence-electron chi connectivity index (χ2n) is 5.98. The number of nitrogens with zero attached hydrogens (tertiary/aromatic N) is 1. The van der Waals surface area contributed by atoms with E-state index in [4.69, 9.17) is 5.11 Å². The van der Waals surface area contributed by atoms with Crippen molar-refractivity contribution in [1.82, 2.24) is 10.3 Å². The minimum atomic E-state index is -1.04. The molecule has 0 radical (unpaired) electrons. The first-order chi connectivity index (χ1) is 10.1. The molecule has 1 heterocycles. The van der Waals surface area contributed by atoms with E-state index >= 15 is 0 Å². The lowest BCUT2D eigenvalue weighted by atomic mass is 9.85. The predicted molar refractivity (Wildman–Crippen MR) is 83.4 cm³/mol. The molecule has 2 rings (SSSR count). The Kier molecular flexibility index (Phi) is 5.99. The third kappa shape index (κ3) is 5.34. The number of rotatable bonds is 6. The molecule has 0 spiro atoms. The van der Waals surface area contributed by atoms with Gasteiger partial charge >= 0.3 is 6.09 Å². The summed E-state index contributed by atoms with van der Waals surface area (Å²) in [5.41, 5.74) is 1.49. The number of nitrogens with one attached hydrogen (secondary N) is 2. The Morgan fingerprint density at radius 2 is 2.19 bits per heavy atom. The molecule has 3 N–H and O–H groups in total. The molecule has 1 aromatic rings. The molecule has 21 heavy (non-hydrogen) atoms. The molecule has 5 nitrogen and oxygen atoms in total. The highest BCUT2D eigenvalue weighted by Gasteiger charge is 2.16. The third-order valence-corrected chi connectivity index (χ3v) is 4.20. The van der Waals surface area contributed by atoms with Crippen molar-refractivity contribution in [3.05, 3.63) is 24.0 Å². The van der Waals surface area contributed by atoms with Crippen molar-refractivity contribution >= 4 is 11.8 Å². The van der Waals surface area contributed by atoms with Gasteiger partial charge in [0.2, 0.25) is 0 Å². The number of amides is 1. The standard InChI is InChI=1S/C16H25N3O2/c1-12(9-13-5-3-2-4-6-13)18-11-14-10-17-8-7-15(14)19-16(20)21/h7-8,10,12-13,18H,2-6,9,11H2,1H3,(H,17,19)(H,20,21). The van der Waals surface area contributed by atoms with E-state index in [1.165, 1.54) is 38.5 Å². The molecule has 1 aromatic heterocycles. The lowest BCUT2D eigenvalue weighted by Crippen LogP contribution is -2.29. The normalized spacial score (nSPS) is 17.4. The maximum absolute atomic E-state index is 10.8. The van der Waals surface area contributed by atoms with Gasteiger partial charge < -0.3 is 10.4 Å². The van der Waals surface area contributed by atoms with Crippen LogP contribution in [-0.4, -0.2) is 22.2 Å². The summed E-state index contributed by atoms with van der Waals surface area (Å²) >= 11 is 0. The molecule has 0 aliphatic heterocycles. The topological polar surface area (TPSA) is 74.2 Å². The van der Waals surface area contributed by atoms with Gasteiger partial charge in [-0.2, -0.15) is 0 Å². The number of carbonyl (C=O) groups is 1. The number of pyridine rings is 1. The fourth-order valence-corrected chi connectivity index (χ4v) is 3.10. The maximum atomic E-state index is 10.8. The Balaban J connectivity index is 1.82. The summed E-state index contributed by atoms with van der Waals surface area (Å²) in [6.07, 6.45) is 10.3. The van der Waals surface area contributed by atoms with Crippen molar-refractivity contribution in [3.63, 3.8) is 0 Å². The molecule has 0 bridgehead atoms. The van der Waals surface area contributed by atoms with Crippen molar-refractivity contribution < 1.29 is 9.90 Å². The van der Waals surface area contributed by atoms with Crippen LogP contribution in [0.5, 0.6) is 0 Å². The van der Waals surface area contributed by atoms with Crippen LogP contribution in [0.25, 0.3) is 0 Å². The Hall–Kier alpha value is -1.62. The highest BCUT2D eigenvalue weighted by atomic mass is 16.4. The van der Waals surface area contributed by atoms with E-state index in [0.717, 1.165) is 11.5 Å². The number of carboxylic acid groups (broad SMARTS) is 1. The summed E-state index contributed by atoms with van der Waals surface area (Å²) in [6.45, 7) is 2.84. The molecule has 1 fully saturated rings. The molecule has 0 saturated heterocycles. The maximum Gasteiger partial charge on any atom is 0.409 e. The van der Waals surface area contributed by atoms with Gasteiger partial charge in [-0.25, -0.2) is 4.79 Å². The molecule has 1 aliphatic carbocycles. The van der Waals surface area contributed by atoms with Gasteiger partial charge in [0.25, 0.3) is 0 Å². The lowest BCUT2D eigenvalue weighted by Gasteiger charge is -2.25. The average molecular weight is 291 g/mol. The van der Waals surface area contributed by atoms with E-state index in [9.17, 15) is 4.79 Å². The zero-order valence-electron chi connectivity index (χ0n) is 12.6. The van der Waals surface area contributed by atoms with Gasteiger partial charge in [0.1, 0.15) is 0 Å². The summed E-state index contributed by atoms with van der Waals surface area (Å²) in [5, 5.41) is 14.7.